The molecule has 0 atom stereocenters. The molecule has 4 nitrogen and oxygen atoms in total. The van der Waals surface area contributed by atoms with E-state index < -0.39 is 0 Å². The van der Waals surface area contributed by atoms with Crippen LogP contribution in [0, 0.1) is 0 Å². The Kier molecular flexibility index (Phi) is 5.23. The number of ether oxygens (including phenoxy) is 1. The van der Waals surface area contributed by atoms with Crippen LogP contribution in [0.3, 0.4) is 0 Å². The molecule has 1 aliphatic rings. The maximum Gasteiger partial charge on any atom is 0.264 e. The zero-order chi connectivity index (χ0) is 16.9. The molecule has 1 aliphatic heterocycles. The third-order valence-electron chi connectivity index (χ3n) is 3.20. The van der Waals surface area contributed by atoms with Gasteiger partial charge in [-0.25, -0.2) is 4.99 Å². The van der Waals surface area contributed by atoms with Crippen LogP contribution < -0.4 is 10.1 Å². The third-order valence-corrected chi connectivity index (χ3v) is 4.34. The predicted molar refractivity (Wildman–Crippen MR) is 99.9 cm³/mol. The minimum atomic E-state index is -0.183. The molecule has 122 valence electrons. The normalized spacial score (nSPS) is 17.3. The number of rotatable bonds is 4. The number of thioether (sulfide) groups is 1. The molecule has 0 unspecified atom stereocenters. The Labute approximate surface area is 149 Å². The first kappa shape index (κ1) is 16.6. The predicted octanol–water partition coefficient (Wildman–Crippen LogP) is 4.63. The zero-order valence-corrected chi connectivity index (χ0v) is 14.5. The molecule has 2 aromatic carbocycles. The fourth-order valence-electron chi connectivity index (χ4n) is 2.16. The summed E-state index contributed by atoms with van der Waals surface area (Å²) >= 11 is 7.35. The van der Waals surface area contributed by atoms with E-state index in [2.05, 4.69) is 10.3 Å². The van der Waals surface area contributed by atoms with Crippen molar-refractivity contribution in [3.63, 3.8) is 0 Å². The summed E-state index contributed by atoms with van der Waals surface area (Å²) in [6, 6.07) is 14.8. The lowest BCUT2D eigenvalue weighted by atomic mass is 10.2. The molecule has 0 aromatic heterocycles. The van der Waals surface area contributed by atoms with Crippen molar-refractivity contribution in [3.05, 3.63) is 64.0 Å². The number of carbonyl (C=O) groups is 1. The topological polar surface area (TPSA) is 50.7 Å². The summed E-state index contributed by atoms with van der Waals surface area (Å²) in [4.78, 5) is 17.2. The summed E-state index contributed by atoms with van der Waals surface area (Å²) in [6.07, 6.45) is 1.77. The lowest BCUT2D eigenvalue weighted by Crippen LogP contribution is -2.19. The Bertz CT molecular complexity index is 819. The monoisotopic (exact) mass is 358 g/mol. The summed E-state index contributed by atoms with van der Waals surface area (Å²) in [5.41, 5.74) is 1.56. The van der Waals surface area contributed by atoms with Gasteiger partial charge in [0, 0.05) is 10.6 Å². The van der Waals surface area contributed by atoms with Gasteiger partial charge in [0.25, 0.3) is 5.91 Å². The molecule has 0 aliphatic carbocycles. The van der Waals surface area contributed by atoms with Gasteiger partial charge in [0.2, 0.25) is 0 Å². The smallest absolute Gasteiger partial charge is 0.264 e. The molecule has 6 heteroatoms. The van der Waals surface area contributed by atoms with Crippen molar-refractivity contribution in [2.24, 2.45) is 4.99 Å². The van der Waals surface area contributed by atoms with Gasteiger partial charge in [0.05, 0.1) is 17.2 Å². The average molecular weight is 359 g/mol. The Morgan fingerprint density at radius 1 is 1.25 bits per heavy atom. The highest BCUT2D eigenvalue weighted by Gasteiger charge is 2.24. The van der Waals surface area contributed by atoms with Gasteiger partial charge in [-0.05, 0) is 55.1 Å². The molecule has 0 radical (unpaired) electrons. The van der Waals surface area contributed by atoms with Crippen LogP contribution in [0.25, 0.3) is 6.08 Å². The number of aliphatic imine (C=N–C) groups is 1. The number of nitrogens with zero attached hydrogens (tertiary/aromatic N) is 1. The van der Waals surface area contributed by atoms with Gasteiger partial charge in [0.1, 0.15) is 5.75 Å². The van der Waals surface area contributed by atoms with Crippen LogP contribution in [-0.4, -0.2) is 17.7 Å². The number of amides is 1. The third kappa shape index (κ3) is 3.99. The first-order valence-electron chi connectivity index (χ1n) is 7.42. The molecule has 1 amide bonds. The van der Waals surface area contributed by atoms with Crippen molar-refractivity contribution in [1.82, 2.24) is 5.32 Å². The Hall–Kier alpha value is -2.24. The highest BCUT2D eigenvalue weighted by Crippen LogP contribution is 2.31. The van der Waals surface area contributed by atoms with Crippen molar-refractivity contribution in [3.8, 4) is 5.75 Å². The van der Waals surface area contributed by atoms with Crippen molar-refractivity contribution >= 4 is 46.2 Å². The molecule has 2 aromatic rings. The van der Waals surface area contributed by atoms with E-state index >= 15 is 0 Å². The van der Waals surface area contributed by atoms with E-state index in [4.69, 9.17) is 16.3 Å². The summed E-state index contributed by atoms with van der Waals surface area (Å²) < 4.78 is 5.59. The van der Waals surface area contributed by atoms with E-state index in [1.807, 2.05) is 37.3 Å². The second kappa shape index (κ2) is 7.55. The number of carbonyl (C=O) groups excluding carboxylic acids is 1. The number of hydrogen-bond donors (Lipinski definition) is 1. The minimum Gasteiger partial charge on any atom is -0.493 e. The SMILES string of the molecule is CCOc1ccc(Cl)cc1/C=C1\SC(=Nc2ccccc2)NC1=O. The highest BCUT2D eigenvalue weighted by molar-refractivity contribution is 8.18. The van der Waals surface area contributed by atoms with Crippen LogP contribution >= 0.6 is 23.4 Å². The molecule has 1 heterocycles. The second-order valence-electron chi connectivity index (χ2n) is 4.93. The van der Waals surface area contributed by atoms with Crippen molar-refractivity contribution in [2.75, 3.05) is 6.61 Å². The molecule has 3 rings (SSSR count). The number of benzene rings is 2. The van der Waals surface area contributed by atoms with E-state index in [0.29, 0.717) is 27.5 Å². The van der Waals surface area contributed by atoms with Gasteiger partial charge < -0.3 is 10.1 Å². The van der Waals surface area contributed by atoms with Gasteiger partial charge in [0.15, 0.2) is 5.17 Å². The van der Waals surface area contributed by atoms with Gasteiger partial charge >= 0.3 is 0 Å². The standard InChI is InChI=1S/C18H15ClN2O2S/c1-2-23-15-9-8-13(19)10-12(15)11-16-17(22)21-18(24-16)20-14-6-4-3-5-7-14/h3-11H,2H2,1H3,(H,20,21,22)/b16-11-. The fraction of sp³-hybridized carbons (Fsp3) is 0.111. The first-order valence-corrected chi connectivity index (χ1v) is 8.62. The number of nitrogens with one attached hydrogen (secondary N) is 1. The van der Waals surface area contributed by atoms with Crippen molar-refractivity contribution < 1.29 is 9.53 Å². The zero-order valence-electron chi connectivity index (χ0n) is 13.0. The van der Waals surface area contributed by atoms with Gasteiger partial charge in [-0.2, -0.15) is 0 Å². The second-order valence-corrected chi connectivity index (χ2v) is 6.40. The number of amidine groups is 1. The Balaban J connectivity index is 1.88. The lowest BCUT2D eigenvalue weighted by molar-refractivity contribution is -0.115. The number of para-hydroxylation sites is 1. The van der Waals surface area contributed by atoms with Gasteiger partial charge in [-0.3, -0.25) is 4.79 Å². The Morgan fingerprint density at radius 3 is 2.79 bits per heavy atom. The summed E-state index contributed by atoms with van der Waals surface area (Å²) in [6.45, 7) is 2.45. The summed E-state index contributed by atoms with van der Waals surface area (Å²) in [7, 11) is 0. The van der Waals surface area contributed by atoms with Crippen LogP contribution in [-0.2, 0) is 4.79 Å². The van der Waals surface area contributed by atoms with Crippen LogP contribution in [0.2, 0.25) is 5.02 Å². The van der Waals surface area contributed by atoms with Crippen LogP contribution in [0.15, 0.2) is 58.4 Å². The van der Waals surface area contributed by atoms with Crippen LogP contribution in [0.1, 0.15) is 12.5 Å². The maximum atomic E-state index is 12.2. The molecule has 0 spiro atoms. The molecule has 1 fully saturated rings. The average Bonchev–Trinajstić information content (AvgIpc) is 2.90. The molecular formula is C18H15ClN2O2S. The highest BCUT2D eigenvalue weighted by atomic mass is 35.5. The minimum absolute atomic E-state index is 0.183. The number of halogens is 1. The van der Waals surface area contributed by atoms with Gasteiger partial charge in [-0.1, -0.05) is 29.8 Å². The van der Waals surface area contributed by atoms with E-state index in [1.54, 1.807) is 24.3 Å². The molecular weight excluding hydrogens is 344 g/mol. The van der Waals surface area contributed by atoms with Crippen molar-refractivity contribution in [2.45, 2.75) is 6.92 Å². The van der Waals surface area contributed by atoms with E-state index in [0.717, 1.165) is 11.3 Å². The quantitative estimate of drug-likeness (QED) is 0.810. The largest absolute Gasteiger partial charge is 0.493 e. The molecule has 0 bridgehead atoms. The Morgan fingerprint density at radius 2 is 2.04 bits per heavy atom. The van der Waals surface area contributed by atoms with Crippen LogP contribution in [0.5, 0.6) is 5.75 Å². The molecule has 0 saturated carbocycles. The van der Waals surface area contributed by atoms with Gasteiger partial charge in [-0.15, -0.1) is 0 Å². The first-order chi connectivity index (χ1) is 11.7. The summed E-state index contributed by atoms with van der Waals surface area (Å²) in [5, 5.41) is 3.91. The number of hydrogen-bond acceptors (Lipinski definition) is 4. The van der Waals surface area contributed by atoms with E-state index in [9.17, 15) is 4.79 Å². The fourth-order valence-corrected chi connectivity index (χ4v) is 3.17. The van der Waals surface area contributed by atoms with E-state index in [1.165, 1.54) is 11.8 Å². The molecule has 24 heavy (non-hydrogen) atoms. The lowest BCUT2D eigenvalue weighted by Gasteiger charge is -2.07. The maximum absolute atomic E-state index is 12.2. The van der Waals surface area contributed by atoms with Crippen molar-refractivity contribution in [1.29, 1.82) is 0 Å². The molecule has 1 saturated heterocycles. The van der Waals surface area contributed by atoms with Crippen LogP contribution in [0.4, 0.5) is 5.69 Å². The van der Waals surface area contributed by atoms with E-state index in [-0.39, 0.29) is 5.91 Å². The molecule has 1 N–H and O–H groups in total. The summed E-state index contributed by atoms with van der Waals surface area (Å²) in [5.74, 6) is 0.508.